The van der Waals surface area contributed by atoms with Crippen molar-refractivity contribution in [3.05, 3.63) is 57.0 Å². The van der Waals surface area contributed by atoms with E-state index in [9.17, 15) is 14.4 Å². The standard InChI is InChI=1S/C20H13BrClN3O5/c1-29-16-9-11(15(21)10-17(16)30-7-6-23)8-14-18(26)24-20(28)25(19(14)27)13-4-2-12(22)3-5-13/h2-5,8-10H,7H2,1H3,(H,24,26,28)/b14-8+. The number of ether oxygens (including phenoxy) is 2. The number of anilines is 1. The summed E-state index contributed by atoms with van der Waals surface area (Å²) in [5.41, 5.74) is 0.440. The Labute approximate surface area is 184 Å². The van der Waals surface area contributed by atoms with Crippen LogP contribution in [0.2, 0.25) is 5.02 Å². The first-order valence-electron chi connectivity index (χ1n) is 8.40. The maximum atomic E-state index is 12.9. The number of hydrogen-bond donors (Lipinski definition) is 1. The molecule has 3 rings (SSSR count). The number of halogens is 2. The molecular weight excluding hydrogens is 478 g/mol. The highest BCUT2D eigenvalue weighted by atomic mass is 79.9. The van der Waals surface area contributed by atoms with Gasteiger partial charge in [-0.1, -0.05) is 27.5 Å². The van der Waals surface area contributed by atoms with Gasteiger partial charge in [0.05, 0.1) is 12.8 Å². The molecule has 2 aromatic rings. The molecule has 1 N–H and O–H groups in total. The maximum absolute atomic E-state index is 12.9. The fourth-order valence-electron chi connectivity index (χ4n) is 2.68. The highest BCUT2D eigenvalue weighted by molar-refractivity contribution is 9.10. The van der Waals surface area contributed by atoms with Crippen LogP contribution < -0.4 is 19.7 Å². The number of amides is 4. The third-order valence-electron chi connectivity index (χ3n) is 4.06. The first-order chi connectivity index (χ1) is 14.3. The zero-order valence-electron chi connectivity index (χ0n) is 15.4. The topological polar surface area (TPSA) is 109 Å². The number of hydrogen-bond acceptors (Lipinski definition) is 6. The smallest absolute Gasteiger partial charge is 0.335 e. The summed E-state index contributed by atoms with van der Waals surface area (Å²) in [6, 6.07) is 10.1. The van der Waals surface area contributed by atoms with Crippen LogP contribution in [0.4, 0.5) is 10.5 Å². The number of rotatable bonds is 5. The second-order valence-electron chi connectivity index (χ2n) is 5.91. The Balaban J connectivity index is 2.02. The molecule has 2 aromatic carbocycles. The molecule has 1 heterocycles. The molecule has 1 aliphatic rings. The van der Waals surface area contributed by atoms with Crippen LogP contribution in [-0.4, -0.2) is 31.6 Å². The zero-order chi connectivity index (χ0) is 21.8. The molecule has 30 heavy (non-hydrogen) atoms. The SMILES string of the molecule is COc1cc(/C=C2\C(=O)NC(=O)N(c3ccc(Cl)cc3)C2=O)c(Br)cc1OCC#N. The summed E-state index contributed by atoms with van der Waals surface area (Å²) < 4.78 is 11.0. The number of carbonyl (C=O) groups excluding carboxylic acids is 3. The second kappa shape index (κ2) is 8.98. The van der Waals surface area contributed by atoms with Crippen molar-refractivity contribution in [1.82, 2.24) is 5.32 Å². The highest BCUT2D eigenvalue weighted by Crippen LogP contribution is 2.35. The van der Waals surface area contributed by atoms with Gasteiger partial charge in [0.25, 0.3) is 11.8 Å². The van der Waals surface area contributed by atoms with Crippen LogP contribution in [0, 0.1) is 11.3 Å². The molecule has 0 aliphatic carbocycles. The molecule has 1 saturated heterocycles. The van der Waals surface area contributed by atoms with Crippen molar-refractivity contribution in [1.29, 1.82) is 5.26 Å². The fraction of sp³-hybridized carbons (Fsp3) is 0.100. The van der Waals surface area contributed by atoms with Gasteiger partial charge in [0.15, 0.2) is 18.1 Å². The van der Waals surface area contributed by atoms with Crippen molar-refractivity contribution in [3.8, 4) is 17.6 Å². The van der Waals surface area contributed by atoms with E-state index < -0.39 is 17.8 Å². The molecule has 0 bridgehead atoms. The lowest BCUT2D eigenvalue weighted by Crippen LogP contribution is -2.54. The summed E-state index contributed by atoms with van der Waals surface area (Å²) in [6.45, 7) is -0.178. The molecule has 0 unspecified atom stereocenters. The summed E-state index contributed by atoms with van der Waals surface area (Å²) in [6.07, 6.45) is 1.33. The Morgan fingerprint density at radius 1 is 1.20 bits per heavy atom. The van der Waals surface area contributed by atoms with Crippen molar-refractivity contribution in [2.75, 3.05) is 18.6 Å². The molecule has 152 valence electrons. The molecule has 0 atom stereocenters. The van der Waals surface area contributed by atoms with Crippen LogP contribution in [0.25, 0.3) is 6.08 Å². The average molecular weight is 491 g/mol. The van der Waals surface area contributed by atoms with E-state index in [0.29, 0.717) is 26.6 Å². The number of nitrogens with zero attached hydrogens (tertiary/aromatic N) is 2. The molecule has 8 nitrogen and oxygen atoms in total. The second-order valence-corrected chi connectivity index (χ2v) is 7.20. The molecule has 1 aliphatic heterocycles. The quantitative estimate of drug-likeness (QED) is 0.506. The summed E-state index contributed by atoms with van der Waals surface area (Å²) in [5, 5.41) is 11.3. The van der Waals surface area contributed by atoms with Crippen molar-refractivity contribution >= 4 is 57.1 Å². The van der Waals surface area contributed by atoms with Gasteiger partial charge in [0, 0.05) is 9.50 Å². The minimum absolute atomic E-state index is 0.178. The monoisotopic (exact) mass is 489 g/mol. The number of barbiturate groups is 1. The van der Waals surface area contributed by atoms with Gasteiger partial charge in [-0.15, -0.1) is 0 Å². The van der Waals surface area contributed by atoms with E-state index in [1.807, 2.05) is 6.07 Å². The highest BCUT2D eigenvalue weighted by Gasteiger charge is 2.37. The molecule has 0 spiro atoms. The van der Waals surface area contributed by atoms with E-state index in [-0.39, 0.29) is 17.9 Å². The molecule has 1 fully saturated rings. The number of methoxy groups -OCH3 is 1. The van der Waals surface area contributed by atoms with Crippen LogP contribution in [0.15, 0.2) is 46.4 Å². The largest absolute Gasteiger partial charge is 0.493 e. The summed E-state index contributed by atoms with van der Waals surface area (Å²) in [5.74, 6) is -1.01. The Morgan fingerprint density at radius 2 is 1.90 bits per heavy atom. The van der Waals surface area contributed by atoms with Crippen LogP contribution >= 0.6 is 27.5 Å². The lowest BCUT2D eigenvalue weighted by molar-refractivity contribution is -0.122. The molecule has 0 saturated carbocycles. The zero-order valence-corrected chi connectivity index (χ0v) is 17.8. The predicted molar refractivity (Wildman–Crippen MR) is 112 cm³/mol. The number of nitriles is 1. The lowest BCUT2D eigenvalue weighted by Gasteiger charge is -2.26. The predicted octanol–water partition coefficient (Wildman–Crippen LogP) is 3.68. The van der Waals surface area contributed by atoms with Gasteiger partial charge in [-0.25, -0.2) is 9.69 Å². The van der Waals surface area contributed by atoms with Crippen LogP contribution in [0.5, 0.6) is 11.5 Å². The maximum Gasteiger partial charge on any atom is 0.335 e. The summed E-state index contributed by atoms with van der Waals surface area (Å²) >= 11 is 9.21. The third kappa shape index (κ3) is 4.30. The number of imide groups is 2. The summed E-state index contributed by atoms with van der Waals surface area (Å²) in [7, 11) is 1.42. The van der Waals surface area contributed by atoms with Crippen molar-refractivity contribution in [2.24, 2.45) is 0 Å². The molecule has 0 radical (unpaired) electrons. The van der Waals surface area contributed by atoms with Crippen molar-refractivity contribution in [2.45, 2.75) is 0 Å². The third-order valence-corrected chi connectivity index (χ3v) is 5.00. The van der Waals surface area contributed by atoms with Gasteiger partial charge in [-0.05, 0) is 48.0 Å². The molecule has 10 heteroatoms. The molecule has 4 amide bonds. The van der Waals surface area contributed by atoms with Crippen LogP contribution in [0.3, 0.4) is 0 Å². The van der Waals surface area contributed by atoms with Crippen molar-refractivity contribution < 1.29 is 23.9 Å². The van der Waals surface area contributed by atoms with Gasteiger partial charge < -0.3 is 9.47 Å². The summed E-state index contributed by atoms with van der Waals surface area (Å²) in [4.78, 5) is 38.4. The Morgan fingerprint density at radius 3 is 2.53 bits per heavy atom. The Kier molecular flexibility index (Phi) is 6.40. The first-order valence-corrected chi connectivity index (χ1v) is 9.57. The molecular formula is C20H13BrClN3O5. The van der Waals surface area contributed by atoms with Gasteiger partial charge >= 0.3 is 6.03 Å². The van der Waals surface area contributed by atoms with E-state index in [2.05, 4.69) is 21.2 Å². The number of carbonyl (C=O) groups is 3. The molecule has 0 aromatic heterocycles. The van der Waals surface area contributed by atoms with Crippen LogP contribution in [-0.2, 0) is 9.59 Å². The number of benzene rings is 2. The van der Waals surface area contributed by atoms with Gasteiger partial charge in [0.1, 0.15) is 11.6 Å². The van der Waals surface area contributed by atoms with Crippen molar-refractivity contribution in [3.63, 3.8) is 0 Å². The van der Waals surface area contributed by atoms with E-state index in [0.717, 1.165) is 4.90 Å². The van der Waals surface area contributed by atoms with E-state index in [1.54, 1.807) is 6.07 Å². The average Bonchev–Trinajstić information content (AvgIpc) is 2.71. The van der Waals surface area contributed by atoms with E-state index in [4.69, 9.17) is 26.3 Å². The number of urea groups is 1. The van der Waals surface area contributed by atoms with E-state index >= 15 is 0 Å². The number of nitrogens with one attached hydrogen (secondary N) is 1. The van der Waals surface area contributed by atoms with Gasteiger partial charge in [0.2, 0.25) is 0 Å². The van der Waals surface area contributed by atoms with Crippen LogP contribution in [0.1, 0.15) is 5.56 Å². The fourth-order valence-corrected chi connectivity index (χ4v) is 3.24. The first kappa shape index (κ1) is 21.4. The van der Waals surface area contributed by atoms with E-state index in [1.165, 1.54) is 43.5 Å². The Bertz CT molecular complexity index is 1110. The Hall–Kier alpha value is -3.35. The van der Waals surface area contributed by atoms with Gasteiger partial charge in [-0.3, -0.25) is 14.9 Å². The minimum atomic E-state index is -0.860. The lowest BCUT2D eigenvalue weighted by atomic mass is 10.1. The minimum Gasteiger partial charge on any atom is -0.493 e. The van der Waals surface area contributed by atoms with Gasteiger partial charge in [-0.2, -0.15) is 5.26 Å². The normalized spacial score (nSPS) is 15.1.